The summed E-state index contributed by atoms with van der Waals surface area (Å²) in [5.74, 6) is -0.921. The van der Waals surface area contributed by atoms with Crippen LogP contribution in [0.15, 0.2) is 30.3 Å². The highest BCUT2D eigenvalue weighted by molar-refractivity contribution is 5.95. The highest BCUT2D eigenvalue weighted by Gasteiger charge is 2.24. The third kappa shape index (κ3) is 3.54. The van der Waals surface area contributed by atoms with E-state index in [9.17, 15) is 14.0 Å². The number of amides is 1. The predicted molar refractivity (Wildman–Crippen MR) is 93.9 cm³/mol. The molecule has 1 amide bonds. The molecule has 0 fully saturated rings. The van der Waals surface area contributed by atoms with E-state index >= 15 is 0 Å². The standard InChI is InChI=1S/C20H20FNO4/c1-12-8-15(9-13(2)19(12)26-11-18(23)24)20(25)22-7-6-16-14(10-22)4-3-5-17(16)21/h3-5,8-9H,6-7,10-11H2,1-2H3,(H,23,24). The van der Waals surface area contributed by atoms with Crippen LogP contribution in [-0.2, 0) is 17.8 Å². The molecule has 136 valence electrons. The SMILES string of the molecule is Cc1cc(C(=O)N2CCc3c(F)cccc3C2)cc(C)c1OCC(=O)O. The van der Waals surface area contributed by atoms with Crippen molar-refractivity contribution in [1.29, 1.82) is 0 Å². The van der Waals surface area contributed by atoms with Gasteiger partial charge in [0.25, 0.3) is 5.91 Å². The Kier molecular flexibility index (Phi) is 4.93. The number of carboxylic acids is 1. The van der Waals surface area contributed by atoms with E-state index < -0.39 is 12.6 Å². The van der Waals surface area contributed by atoms with Gasteiger partial charge in [-0.25, -0.2) is 9.18 Å². The fraction of sp³-hybridized carbons (Fsp3) is 0.300. The van der Waals surface area contributed by atoms with Gasteiger partial charge >= 0.3 is 5.97 Å². The summed E-state index contributed by atoms with van der Waals surface area (Å²) in [5.41, 5.74) is 3.44. The number of hydrogen-bond donors (Lipinski definition) is 1. The molecule has 0 aliphatic carbocycles. The number of fused-ring (bicyclic) bond motifs is 1. The summed E-state index contributed by atoms with van der Waals surface area (Å²) >= 11 is 0. The van der Waals surface area contributed by atoms with Gasteiger partial charge in [0.05, 0.1) is 0 Å². The molecule has 1 heterocycles. The molecule has 26 heavy (non-hydrogen) atoms. The highest BCUT2D eigenvalue weighted by Crippen LogP contribution is 2.27. The van der Waals surface area contributed by atoms with Gasteiger partial charge in [0, 0.05) is 18.7 Å². The minimum atomic E-state index is -1.05. The Morgan fingerprint density at radius 3 is 2.58 bits per heavy atom. The number of benzene rings is 2. The summed E-state index contributed by atoms with van der Waals surface area (Å²) in [6.45, 7) is 3.97. The minimum absolute atomic E-state index is 0.129. The van der Waals surface area contributed by atoms with Gasteiger partial charge in [0.2, 0.25) is 0 Å². The number of hydrogen-bond acceptors (Lipinski definition) is 3. The number of nitrogens with zero attached hydrogens (tertiary/aromatic N) is 1. The van der Waals surface area contributed by atoms with Crippen molar-refractivity contribution in [2.75, 3.05) is 13.2 Å². The first-order valence-corrected chi connectivity index (χ1v) is 8.38. The number of rotatable bonds is 4. The molecule has 0 atom stereocenters. The molecule has 0 saturated heterocycles. The molecule has 0 unspecified atom stereocenters. The zero-order valence-electron chi connectivity index (χ0n) is 14.7. The second-order valence-corrected chi connectivity index (χ2v) is 6.48. The van der Waals surface area contributed by atoms with E-state index in [1.807, 2.05) is 6.07 Å². The molecule has 2 aromatic rings. The van der Waals surface area contributed by atoms with Crippen molar-refractivity contribution in [3.05, 3.63) is 64.0 Å². The first-order chi connectivity index (χ1) is 12.4. The zero-order valence-corrected chi connectivity index (χ0v) is 14.7. The van der Waals surface area contributed by atoms with Crippen LogP contribution in [0, 0.1) is 19.7 Å². The lowest BCUT2D eigenvalue weighted by atomic mass is 9.98. The maximum Gasteiger partial charge on any atom is 0.341 e. The lowest BCUT2D eigenvalue weighted by molar-refractivity contribution is -0.139. The number of carbonyl (C=O) groups is 2. The molecule has 0 saturated carbocycles. The zero-order chi connectivity index (χ0) is 18.8. The van der Waals surface area contributed by atoms with Crippen LogP contribution in [0.4, 0.5) is 4.39 Å². The molecule has 1 N–H and O–H groups in total. The summed E-state index contributed by atoms with van der Waals surface area (Å²) in [4.78, 5) is 25.3. The quantitative estimate of drug-likeness (QED) is 0.913. The third-order valence-corrected chi connectivity index (χ3v) is 4.54. The largest absolute Gasteiger partial charge is 0.481 e. The molecule has 0 bridgehead atoms. The van der Waals surface area contributed by atoms with Crippen molar-refractivity contribution in [2.24, 2.45) is 0 Å². The molecular formula is C20H20FNO4. The smallest absolute Gasteiger partial charge is 0.341 e. The Bertz CT molecular complexity index is 855. The molecule has 0 aromatic heterocycles. The van der Waals surface area contributed by atoms with Crippen molar-refractivity contribution in [1.82, 2.24) is 4.90 Å². The first-order valence-electron chi connectivity index (χ1n) is 8.38. The van der Waals surface area contributed by atoms with Crippen molar-refractivity contribution >= 4 is 11.9 Å². The van der Waals surface area contributed by atoms with Crippen LogP contribution in [0.2, 0.25) is 0 Å². The van der Waals surface area contributed by atoms with Gasteiger partial charge in [-0.05, 0) is 60.7 Å². The average molecular weight is 357 g/mol. The number of ether oxygens (including phenoxy) is 1. The van der Waals surface area contributed by atoms with E-state index in [0.717, 1.165) is 5.56 Å². The van der Waals surface area contributed by atoms with E-state index in [0.29, 0.717) is 47.5 Å². The van der Waals surface area contributed by atoms with E-state index in [-0.39, 0.29) is 11.7 Å². The number of halogens is 1. The molecular weight excluding hydrogens is 337 g/mol. The Balaban J connectivity index is 1.81. The topological polar surface area (TPSA) is 66.8 Å². The molecule has 2 aromatic carbocycles. The van der Waals surface area contributed by atoms with Crippen LogP contribution in [0.5, 0.6) is 5.75 Å². The number of carbonyl (C=O) groups excluding carboxylic acids is 1. The first kappa shape index (κ1) is 17.9. The minimum Gasteiger partial charge on any atom is -0.481 e. The van der Waals surface area contributed by atoms with E-state index in [1.165, 1.54) is 6.07 Å². The van der Waals surface area contributed by atoms with Gasteiger partial charge in [-0.2, -0.15) is 0 Å². The number of aliphatic carboxylic acids is 1. The fourth-order valence-corrected chi connectivity index (χ4v) is 3.35. The third-order valence-electron chi connectivity index (χ3n) is 4.54. The maximum atomic E-state index is 13.8. The predicted octanol–water partition coefficient (Wildman–Crippen LogP) is 3.10. The summed E-state index contributed by atoms with van der Waals surface area (Å²) in [6.07, 6.45) is 0.492. The second kappa shape index (κ2) is 7.15. The molecule has 0 spiro atoms. The van der Waals surface area contributed by atoms with Crippen molar-refractivity contribution < 1.29 is 23.8 Å². The van der Waals surface area contributed by atoms with Gasteiger partial charge in [-0.3, -0.25) is 4.79 Å². The van der Waals surface area contributed by atoms with Crippen LogP contribution in [0.25, 0.3) is 0 Å². The van der Waals surface area contributed by atoms with Gasteiger partial charge in [0.1, 0.15) is 11.6 Å². The van der Waals surface area contributed by atoms with Crippen LogP contribution in [0.3, 0.4) is 0 Å². The van der Waals surface area contributed by atoms with Crippen molar-refractivity contribution in [3.63, 3.8) is 0 Å². The summed E-state index contributed by atoms with van der Waals surface area (Å²) < 4.78 is 19.1. The Morgan fingerprint density at radius 1 is 1.23 bits per heavy atom. The molecule has 1 aliphatic rings. The maximum absolute atomic E-state index is 13.8. The molecule has 3 rings (SSSR count). The van der Waals surface area contributed by atoms with Crippen LogP contribution >= 0.6 is 0 Å². The lowest BCUT2D eigenvalue weighted by Crippen LogP contribution is -2.36. The molecule has 0 radical (unpaired) electrons. The average Bonchev–Trinajstić information content (AvgIpc) is 2.60. The normalized spacial score (nSPS) is 13.3. The van der Waals surface area contributed by atoms with Crippen LogP contribution in [-0.4, -0.2) is 35.0 Å². The monoisotopic (exact) mass is 357 g/mol. The molecule has 6 heteroatoms. The summed E-state index contributed by atoms with van der Waals surface area (Å²) in [7, 11) is 0. The Hall–Kier alpha value is -2.89. The Morgan fingerprint density at radius 2 is 1.92 bits per heavy atom. The second-order valence-electron chi connectivity index (χ2n) is 6.48. The molecule has 1 aliphatic heterocycles. The summed E-state index contributed by atoms with van der Waals surface area (Å²) in [6, 6.07) is 8.35. The van der Waals surface area contributed by atoms with E-state index in [4.69, 9.17) is 9.84 Å². The van der Waals surface area contributed by atoms with Crippen molar-refractivity contribution in [3.8, 4) is 5.75 Å². The van der Waals surface area contributed by atoms with Gasteiger partial charge in [-0.15, -0.1) is 0 Å². The van der Waals surface area contributed by atoms with Gasteiger partial charge < -0.3 is 14.7 Å². The Labute approximate surface area is 151 Å². The number of aryl methyl sites for hydroxylation is 2. The highest BCUT2D eigenvalue weighted by atomic mass is 19.1. The fourth-order valence-electron chi connectivity index (χ4n) is 3.35. The van der Waals surface area contributed by atoms with E-state index in [1.54, 1.807) is 36.9 Å². The molecule has 5 nitrogen and oxygen atoms in total. The van der Waals surface area contributed by atoms with E-state index in [2.05, 4.69) is 0 Å². The number of carboxylic acid groups (broad SMARTS) is 1. The lowest BCUT2D eigenvalue weighted by Gasteiger charge is -2.29. The van der Waals surface area contributed by atoms with Crippen molar-refractivity contribution in [2.45, 2.75) is 26.8 Å². The van der Waals surface area contributed by atoms with Crippen LogP contribution in [0.1, 0.15) is 32.6 Å². The summed E-state index contributed by atoms with van der Waals surface area (Å²) in [5, 5.41) is 8.76. The van der Waals surface area contributed by atoms with Gasteiger partial charge in [0.15, 0.2) is 6.61 Å². The van der Waals surface area contributed by atoms with Crippen LogP contribution < -0.4 is 4.74 Å². The van der Waals surface area contributed by atoms with Gasteiger partial charge in [-0.1, -0.05) is 12.1 Å².